The fourth-order valence-corrected chi connectivity index (χ4v) is 3.39. The van der Waals surface area contributed by atoms with Crippen molar-refractivity contribution in [1.82, 2.24) is 30.0 Å². The van der Waals surface area contributed by atoms with Crippen molar-refractivity contribution >= 4 is 17.6 Å². The number of aromatic nitrogens is 2. The minimum Gasteiger partial charge on any atom is -0.379 e. The van der Waals surface area contributed by atoms with Gasteiger partial charge in [-0.1, -0.05) is 0 Å². The number of hydrogen-bond acceptors (Lipinski definition) is 6. The molecule has 3 amide bonds. The summed E-state index contributed by atoms with van der Waals surface area (Å²) in [5, 5.41) is 17.6. The van der Waals surface area contributed by atoms with E-state index < -0.39 is 6.03 Å². The lowest BCUT2D eigenvalue weighted by Gasteiger charge is -2.26. The Hall–Kier alpha value is -2.43. The molecule has 0 aromatic carbocycles. The van der Waals surface area contributed by atoms with Crippen LogP contribution in [0.5, 0.6) is 0 Å². The molecule has 26 heavy (non-hydrogen) atoms. The van der Waals surface area contributed by atoms with Crippen LogP contribution in [0, 0.1) is 0 Å². The Morgan fingerprint density at radius 2 is 2.19 bits per heavy atom. The maximum absolute atomic E-state index is 12.3. The van der Waals surface area contributed by atoms with Crippen LogP contribution in [-0.2, 0) is 4.74 Å². The van der Waals surface area contributed by atoms with Crippen molar-refractivity contribution in [2.45, 2.75) is 6.04 Å². The second-order valence-corrected chi connectivity index (χ2v) is 6.59. The van der Waals surface area contributed by atoms with Gasteiger partial charge in [0.25, 0.3) is 5.91 Å². The van der Waals surface area contributed by atoms with Crippen molar-refractivity contribution in [2.75, 3.05) is 52.5 Å². The lowest BCUT2D eigenvalue weighted by Crippen LogP contribution is -2.41. The SMILES string of the molecule is O=C(NCCN1CCOCC1)c1ccn(C2=CC3CN(C2)C(=O)N3O)n1. The number of carbonyl (C=O) groups is 2. The summed E-state index contributed by atoms with van der Waals surface area (Å²) in [6, 6.07) is 0.866. The molecule has 1 atom stereocenters. The van der Waals surface area contributed by atoms with E-state index in [1.54, 1.807) is 27.9 Å². The van der Waals surface area contributed by atoms with Crippen molar-refractivity contribution in [1.29, 1.82) is 0 Å². The second kappa shape index (κ2) is 7.06. The van der Waals surface area contributed by atoms with E-state index in [1.165, 1.54) is 0 Å². The van der Waals surface area contributed by atoms with Crippen LogP contribution in [0.2, 0.25) is 0 Å². The Bertz CT molecular complexity index is 726. The number of fused-ring (bicyclic) bond motifs is 2. The van der Waals surface area contributed by atoms with E-state index in [-0.39, 0.29) is 11.9 Å². The van der Waals surface area contributed by atoms with Gasteiger partial charge >= 0.3 is 6.03 Å². The van der Waals surface area contributed by atoms with Crippen LogP contribution in [0.4, 0.5) is 4.79 Å². The average Bonchev–Trinajstić information content (AvgIpc) is 3.23. The number of hydrogen-bond donors (Lipinski definition) is 2. The first-order valence-electron chi connectivity index (χ1n) is 8.74. The van der Waals surface area contributed by atoms with Crippen LogP contribution in [0.25, 0.3) is 5.70 Å². The molecular formula is C16H22N6O4. The number of nitrogens with one attached hydrogen (secondary N) is 1. The maximum Gasteiger partial charge on any atom is 0.344 e. The Balaban J connectivity index is 1.33. The fourth-order valence-electron chi connectivity index (χ4n) is 3.39. The van der Waals surface area contributed by atoms with Crippen LogP contribution < -0.4 is 5.32 Å². The standard InChI is InChI=1S/C16H22N6O4/c23-15(17-2-4-19-5-7-26-8-6-19)14-1-3-21(18-14)12-9-13-11-20(10-12)16(24)22(13)25/h1,3,9,13,25H,2,4-8,10-11H2,(H,17,23). The Labute approximate surface area is 150 Å². The lowest BCUT2D eigenvalue weighted by atomic mass is 10.2. The minimum atomic E-state index is -0.408. The average molecular weight is 362 g/mol. The van der Waals surface area contributed by atoms with E-state index in [2.05, 4.69) is 15.3 Å². The predicted molar refractivity (Wildman–Crippen MR) is 90.5 cm³/mol. The van der Waals surface area contributed by atoms with Gasteiger partial charge in [-0.15, -0.1) is 0 Å². The highest BCUT2D eigenvalue weighted by Gasteiger charge is 2.39. The number of hydroxylamine groups is 2. The zero-order valence-corrected chi connectivity index (χ0v) is 14.4. The van der Waals surface area contributed by atoms with Crippen LogP contribution in [0.3, 0.4) is 0 Å². The largest absolute Gasteiger partial charge is 0.379 e. The van der Waals surface area contributed by atoms with Crippen molar-refractivity contribution in [2.24, 2.45) is 0 Å². The van der Waals surface area contributed by atoms with Gasteiger partial charge in [-0.3, -0.25) is 14.9 Å². The predicted octanol–water partition coefficient (Wildman–Crippen LogP) is -0.705. The van der Waals surface area contributed by atoms with E-state index in [0.29, 0.717) is 25.3 Å². The van der Waals surface area contributed by atoms with Gasteiger partial charge in [0.2, 0.25) is 0 Å². The number of ether oxygens (including phenoxy) is 1. The molecule has 3 aliphatic heterocycles. The zero-order valence-electron chi connectivity index (χ0n) is 14.4. The van der Waals surface area contributed by atoms with Gasteiger partial charge in [0.15, 0.2) is 5.69 Å². The number of morpholine rings is 1. The Morgan fingerprint density at radius 1 is 1.38 bits per heavy atom. The Morgan fingerprint density at radius 3 is 2.96 bits per heavy atom. The first kappa shape index (κ1) is 17.0. The molecule has 0 saturated carbocycles. The summed E-state index contributed by atoms with van der Waals surface area (Å²) in [5.74, 6) is -0.225. The summed E-state index contributed by atoms with van der Waals surface area (Å²) < 4.78 is 6.89. The lowest BCUT2D eigenvalue weighted by molar-refractivity contribution is -0.0450. The first-order chi connectivity index (χ1) is 12.6. The summed E-state index contributed by atoms with van der Waals surface area (Å²) in [6.45, 7) is 5.40. The molecule has 0 radical (unpaired) electrons. The Kier molecular flexibility index (Phi) is 4.62. The van der Waals surface area contributed by atoms with E-state index >= 15 is 0 Å². The zero-order chi connectivity index (χ0) is 18.1. The molecule has 2 fully saturated rings. The first-order valence-corrected chi connectivity index (χ1v) is 8.74. The smallest absolute Gasteiger partial charge is 0.344 e. The van der Waals surface area contributed by atoms with Gasteiger partial charge in [0, 0.05) is 38.9 Å². The molecule has 10 heteroatoms. The number of rotatable bonds is 5. The quantitative estimate of drug-likeness (QED) is 0.671. The van der Waals surface area contributed by atoms with Crippen molar-refractivity contribution in [3.63, 3.8) is 0 Å². The number of carbonyl (C=O) groups excluding carboxylic acids is 2. The number of amides is 3. The van der Waals surface area contributed by atoms with E-state index in [0.717, 1.165) is 43.6 Å². The van der Waals surface area contributed by atoms with Gasteiger partial charge in [-0.05, 0) is 12.1 Å². The minimum absolute atomic E-state index is 0.225. The molecule has 4 rings (SSSR count). The summed E-state index contributed by atoms with van der Waals surface area (Å²) in [6.07, 6.45) is 3.50. The van der Waals surface area contributed by atoms with E-state index in [4.69, 9.17) is 4.74 Å². The van der Waals surface area contributed by atoms with Crippen molar-refractivity contribution in [3.8, 4) is 0 Å². The molecule has 1 aromatic rings. The molecule has 0 spiro atoms. The van der Waals surface area contributed by atoms with Gasteiger partial charge < -0.3 is 15.0 Å². The molecule has 1 unspecified atom stereocenters. The second-order valence-electron chi connectivity index (χ2n) is 6.59. The summed E-state index contributed by atoms with van der Waals surface area (Å²) in [4.78, 5) is 27.8. The normalized spacial score (nSPS) is 23.3. The van der Waals surface area contributed by atoms with E-state index in [9.17, 15) is 14.8 Å². The molecule has 1 aromatic heterocycles. The highest BCUT2D eigenvalue weighted by Crippen LogP contribution is 2.24. The molecule has 4 heterocycles. The summed E-state index contributed by atoms with van der Waals surface area (Å²) in [5.41, 5.74) is 1.09. The molecule has 2 saturated heterocycles. The molecule has 2 N–H and O–H groups in total. The molecule has 10 nitrogen and oxygen atoms in total. The van der Waals surface area contributed by atoms with Crippen molar-refractivity contribution < 1.29 is 19.5 Å². The molecule has 2 bridgehead atoms. The van der Waals surface area contributed by atoms with Gasteiger partial charge in [-0.25, -0.2) is 9.48 Å². The van der Waals surface area contributed by atoms with Gasteiger partial charge in [0.1, 0.15) is 0 Å². The third-order valence-electron chi connectivity index (χ3n) is 4.86. The molecule has 3 aliphatic rings. The molecule has 140 valence electrons. The molecular weight excluding hydrogens is 340 g/mol. The third-order valence-corrected chi connectivity index (χ3v) is 4.86. The summed E-state index contributed by atoms with van der Waals surface area (Å²) in [7, 11) is 0. The van der Waals surface area contributed by atoms with Gasteiger partial charge in [-0.2, -0.15) is 10.2 Å². The van der Waals surface area contributed by atoms with Crippen LogP contribution in [0.1, 0.15) is 10.5 Å². The molecule has 0 aliphatic carbocycles. The van der Waals surface area contributed by atoms with Crippen LogP contribution in [0.15, 0.2) is 18.3 Å². The third kappa shape index (κ3) is 3.30. The summed E-state index contributed by atoms with van der Waals surface area (Å²) >= 11 is 0. The van der Waals surface area contributed by atoms with Crippen LogP contribution >= 0.6 is 0 Å². The fraction of sp³-hybridized carbons (Fsp3) is 0.562. The monoisotopic (exact) mass is 362 g/mol. The van der Waals surface area contributed by atoms with Crippen LogP contribution in [-0.4, -0.2) is 100 Å². The number of urea groups is 1. The highest BCUT2D eigenvalue weighted by molar-refractivity contribution is 5.92. The van der Waals surface area contributed by atoms with E-state index in [1.807, 2.05) is 0 Å². The van der Waals surface area contributed by atoms with Gasteiger partial charge in [0.05, 0.1) is 31.5 Å². The number of nitrogens with zero attached hydrogens (tertiary/aromatic N) is 5. The van der Waals surface area contributed by atoms with Crippen molar-refractivity contribution in [3.05, 3.63) is 24.0 Å². The topological polar surface area (TPSA) is 103 Å². The maximum atomic E-state index is 12.3. The highest BCUT2D eigenvalue weighted by atomic mass is 16.5.